The predicted octanol–water partition coefficient (Wildman–Crippen LogP) is 4.11. The number of anilines is 2. The summed E-state index contributed by atoms with van der Waals surface area (Å²) in [5.74, 6) is -0.108. The number of carbonyl (C=O) groups excluding carboxylic acids is 1. The molecule has 1 atom stereocenters. The quantitative estimate of drug-likeness (QED) is 0.806. The van der Waals surface area contributed by atoms with E-state index >= 15 is 0 Å². The van der Waals surface area contributed by atoms with Crippen LogP contribution in [-0.4, -0.2) is 26.1 Å². The molecule has 1 aliphatic rings. The maximum Gasteiger partial charge on any atom is 0.264 e. The van der Waals surface area contributed by atoms with E-state index in [0.29, 0.717) is 17.9 Å². The Bertz CT molecular complexity index is 898. The number of carbonyl (C=O) groups is 1. The van der Waals surface area contributed by atoms with Gasteiger partial charge in [0, 0.05) is 11.4 Å². The van der Waals surface area contributed by atoms with Crippen molar-refractivity contribution in [2.45, 2.75) is 41.7 Å². The molecule has 0 bridgehead atoms. The van der Waals surface area contributed by atoms with Crippen LogP contribution in [0.3, 0.4) is 0 Å². The molecule has 2 aromatic carbocycles. The van der Waals surface area contributed by atoms with Gasteiger partial charge in [-0.15, -0.1) is 11.8 Å². The van der Waals surface area contributed by atoms with E-state index in [1.807, 2.05) is 32.0 Å². The zero-order chi connectivity index (χ0) is 18.7. The average Bonchev–Trinajstić information content (AvgIpc) is 2.63. The minimum Gasteiger partial charge on any atom is -0.324 e. The van der Waals surface area contributed by atoms with Crippen molar-refractivity contribution < 1.29 is 13.2 Å². The van der Waals surface area contributed by atoms with E-state index in [0.717, 1.165) is 17.7 Å². The molecule has 1 heterocycles. The molecular weight excluding hydrogens is 368 g/mol. The zero-order valence-electron chi connectivity index (χ0n) is 14.8. The summed E-state index contributed by atoms with van der Waals surface area (Å²) < 4.78 is 28.0. The normalized spacial score (nSPS) is 16.7. The van der Waals surface area contributed by atoms with Crippen LogP contribution < -0.4 is 9.62 Å². The summed E-state index contributed by atoms with van der Waals surface area (Å²) in [6, 6.07) is 14.1. The lowest BCUT2D eigenvalue weighted by molar-refractivity contribution is -0.115. The van der Waals surface area contributed by atoms with Gasteiger partial charge in [-0.1, -0.05) is 31.5 Å². The standard InChI is InChI=1S/C19H22N2O3S2/c1-3-4-12-21(15-8-6-5-7-9-15)26(23,24)16-10-11-18-17(13-16)20-19(22)14(2)25-18/h5-11,13-14H,3-4,12H2,1-2H3,(H,20,22)/t14-/m0/s1. The van der Waals surface area contributed by atoms with Gasteiger partial charge in [-0.25, -0.2) is 8.42 Å². The molecule has 0 unspecified atom stereocenters. The number of rotatable bonds is 6. The number of hydrogen-bond donors (Lipinski definition) is 1. The molecule has 26 heavy (non-hydrogen) atoms. The first-order valence-electron chi connectivity index (χ1n) is 8.63. The Hall–Kier alpha value is -1.99. The monoisotopic (exact) mass is 390 g/mol. The van der Waals surface area contributed by atoms with Gasteiger partial charge >= 0.3 is 0 Å². The lowest BCUT2D eigenvalue weighted by atomic mass is 10.3. The Labute approximate surface area is 158 Å². The molecular formula is C19H22N2O3S2. The number of thioether (sulfide) groups is 1. The Morgan fingerprint density at radius 2 is 1.88 bits per heavy atom. The van der Waals surface area contributed by atoms with Crippen LogP contribution >= 0.6 is 11.8 Å². The molecule has 138 valence electrons. The molecule has 0 radical (unpaired) electrons. The number of unbranched alkanes of at least 4 members (excludes halogenated alkanes) is 1. The molecule has 5 nitrogen and oxygen atoms in total. The van der Waals surface area contributed by atoms with Gasteiger partial charge in [0.1, 0.15) is 0 Å². The second kappa shape index (κ2) is 7.72. The van der Waals surface area contributed by atoms with E-state index in [9.17, 15) is 13.2 Å². The van der Waals surface area contributed by atoms with E-state index in [4.69, 9.17) is 0 Å². The highest BCUT2D eigenvalue weighted by Gasteiger charge is 2.28. The lowest BCUT2D eigenvalue weighted by Crippen LogP contribution is -2.32. The van der Waals surface area contributed by atoms with E-state index in [2.05, 4.69) is 5.32 Å². The highest BCUT2D eigenvalue weighted by molar-refractivity contribution is 8.01. The summed E-state index contributed by atoms with van der Waals surface area (Å²) in [7, 11) is -3.72. The van der Waals surface area contributed by atoms with Crippen LogP contribution in [0.15, 0.2) is 58.3 Å². The fourth-order valence-corrected chi connectivity index (χ4v) is 5.22. The second-order valence-electron chi connectivity index (χ2n) is 6.17. The minimum absolute atomic E-state index is 0.108. The van der Waals surface area contributed by atoms with E-state index in [1.165, 1.54) is 16.1 Å². The van der Waals surface area contributed by atoms with Crippen molar-refractivity contribution in [3.05, 3.63) is 48.5 Å². The number of para-hydroxylation sites is 1. The molecule has 0 saturated carbocycles. The van der Waals surface area contributed by atoms with Crippen LogP contribution in [0.5, 0.6) is 0 Å². The third-order valence-corrected chi connectivity index (χ3v) is 7.23. The van der Waals surface area contributed by atoms with Gasteiger partial charge in [0.15, 0.2) is 0 Å². The summed E-state index contributed by atoms with van der Waals surface area (Å²) >= 11 is 1.44. The smallest absolute Gasteiger partial charge is 0.264 e. The summed E-state index contributed by atoms with van der Waals surface area (Å²) in [4.78, 5) is 13.0. The SMILES string of the molecule is CCCCN(c1ccccc1)S(=O)(=O)c1ccc2c(c1)NC(=O)[C@H](C)S2. The van der Waals surface area contributed by atoms with Gasteiger partial charge in [-0.05, 0) is 43.7 Å². The van der Waals surface area contributed by atoms with Crippen molar-refractivity contribution in [2.24, 2.45) is 0 Å². The van der Waals surface area contributed by atoms with E-state index in [1.54, 1.807) is 30.3 Å². The molecule has 3 rings (SSSR count). The summed E-state index contributed by atoms with van der Waals surface area (Å²) in [6.07, 6.45) is 1.66. The molecule has 0 spiro atoms. The van der Waals surface area contributed by atoms with Crippen molar-refractivity contribution >= 4 is 39.1 Å². The third-order valence-electron chi connectivity index (χ3n) is 4.23. The summed E-state index contributed by atoms with van der Waals surface area (Å²) in [5, 5.41) is 2.62. The fraction of sp³-hybridized carbons (Fsp3) is 0.316. The van der Waals surface area contributed by atoms with Crippen molar-refractivity contribution in [3.8, 4) is 0 Å². The largest absolute Gasteiger partial charge is 0.324 e. The number of fused-ring (bicyclic) bond motifs is 1. The number of amides is 1. The summed E-state index contributed by atoms with van der Waals surface area (Å²) in [5.41, 5.74) is 1.20. The van der Waals surface area contributed by atoms with E-state index in [-0.39, 0.29) is 16.1 Å². The first-order valence-corrected chi connectivity index (χ1v) is 10.9. The molecule has 0 fully saturated rings. The average molecular weight is 391 g/mol. The number of hydrogen-bond acceptors (Lipinski definition) is 4. The molecule has 1 amide bonds. The molecule has 0 aromatic heterocycles. The molecule has 1 N–H and O–H groups in total. The van der Waals surface area contributed by atoms with Gasteiger partial charge in [-0.2, -0.15) is 0 Å². The first kappa shape index (κ1) is 18.8. The van der Waals surface area contributed by atoms with Gasteiger partial charge in [0.2, 0.25) is 5.91 Å². The van der Waals surface area contributed by atoms with Gasteiger partial charge in [-0.3, -0.25) is 9.10 Å². The molecule has 0 aliphatic carbocycles. The second-order valence-corrected chi connectivity index (χ2v) is 9.42. The maximum atomic E-state index is 13.3. The third kappa shape index (κ3) is 3.73. The number of benzene rings is 2. The Kier molecular flexibility index (Phi) is 5.58. The Balaban J connectivity index is 2.00. The molecule has 2 aromatic rings. The summed E-state index contributed by atoms with van der Waals surface area (Å²) in [6.45, 7) is 4.27. The van der Waals surface area contributed by atoms with Crippen molar-refractivity contribution in [1.82, 2.24) is 0 Å². The predicted molar refractivity (Wildman–Crippen MR) is 106 cm³/mol. The highest BCUT2D eigenvalue weighted by Crippen LogP contribution is 2.37. The number of sulfonamides is 1. The van der Waals surface area contributed by atoms with Crippen molar-refractivity contribution in [1.29, 1.82) is 0 Å². The molecule has 7 heteroatoms. The van der Waals surface area contributed by atoms with Gasteiger partial charge in [0.05, 0.1) is 21.5 Å². The number of nitrogens with one attached hydrogen (secondary N) is 1. The van der Waals surface area contributed by atoms with Crippen LogP contribution in [0.25, 0.3) is 0 Å². The van der Waals surface area contributed by atoms with Crippen LogP contribution in [-0.2, 0) is 14.8 Å². The van der Waals surface area contributed by atoms with Crippen LogP contribution in [0, 0.1) is 0 Å². The van der Waals surface area contributed by atoms with E-state index < -0.39 is 10.0 Å². The Morgan fingerprint density at radius 1 is 1.15 bits per heavy atom. The molecule has 1 aliphatic heterocycles. The van der Waals surface area contributed by atoms with Crippen LogP contribution in [0.2, 0.25) is 0 Å². The highest BCUT2D eigenvalue weighted by atomic mass is 32.2. The maximum absolute atomic E-state index is 13.3. The first-order chi connectivity index (χ1) is 12.4. The van der Waals surface area contributed by atoms with Crippen molar-refractivity contribution in [2.75, 3.05) is 16.2 Å². The minimum atomic E-state index is -3.72. The topological polar surface area (TPSA) is 66.5 Å². The van der Waals surface area contributed by atoms with Gasteiger partial charge < -0.3 is 5.32 Å². The zero-order valence-corrected chi connectivity index (χ0v) is 16.4. The lowest BCUT2D eigenvalue weighted by Gasteiger charge is -2.26. The Morgan fingerprint density at radius 3 is 2.58 bits per heavy atom. The van der Waals surface area contributed by atoms with Crippen LogP contribution in [0.4, 0.5) is 11.4 Å². The number of nitrogens with zero attached hydrogens (tertiary/aromatic N) is 1. The fourth-order valence-electron chi connectivity index (χ4n) is 2.76. The van der Waals surface area contributed by atoms with Gasteiger partial charge in [0.25, 0.3) is 10.0 Å². The molecule has 0 saturated heterocycles. The van der Waals surface area contributed by atoms with Crippen LogP contribution in [0.1, 0.15) is 26.7 Å². The van der Waals surface area contributed by atoms with Crippen molar-refractivity contribution in [3.63, 3.8) is 0 Å².